The van der Waals surface area contributed by atoms with Crippen molar-refractivity contribution in [2.45, 2.75) is 50.5 Å². The molecule has 3 heterocycles. The second kappa shape index (κ2) is 7.50. The summed E-state index contributed by atoms with van der Waals surface area (Å²) in [5.41, 5.74) is -0.244. The van der Waals surface area contributed by atoms with Gasteiger partial charge in [0.05, 0.1) is 17.8 Å². The second-order valence-electron chi connectivity index (χ2n) is 8.18. The maximum Gasteiger partial charge on any atom is 0.265 e. The molecule has 1 atom stereocenters. The van der Waals surface area contributed by atoms with Gasteiger partial charge in [0, 0.05) is 24.3 Å². The molecule has 1 aliphatic rings. The van der Waals surface area contributed by atoms with E-state index in [0.29, 0.717) is 21.9 Å². The first-order chi connectivity index (χ1) is 14.2. The van der Waals surface area contributed by atoms with E-state index in [1.54, 1.807) is 4.68 Å². The van der Waals surface area contributed by atoms with Crippen LogP contribution in [0.25, 0.3) is 11.0 Å². The number of nitrogens with zero attached hydrogens (tertiary/aromatic N) is 4. The fraction of sp³-hybridized carbons (Fsp3) is 0.400. The van der Waals surface area contributed by atoms with Gasteiger partial charge >= 0.3 is 0 Å². The lowest BCUT2D eigenvalue weighted by molar-refractivity contribution is -0.121. The van der Waals surface area contributed by atoms with Crippen molar-refractivity contribution < 1.29 is 13.6 Å². The van der Waals surface area contributed by atoms with Gasteiger partial charge in [0.25, 0.3) is 5.56 Å². The molecule has 0 fully saturated rings. The van der Waals surface area contributed by atoms with E-state index in [4.69, 9.17) is 0 Å². The van der Waals surface area contributed by atoms with E-state index in [-0.39, 0.29) is 29.6 Å². The van der Waals surface area contributed by atoms with E-state index in [1.807, 2.05) is 20.8 Å². The Kier molecular flexibility index (Phi) is 5.13. The van der Waals surface area contributed by atoms with Crippen molar-refractivity contribution in [3.05, 3.63) is 51.9 Å². The maximum absolute atomic E-state index is 13.7. The van der Waals surface area contributed by atoms with Crippen LogP contribution in [0.4, 0.5) is 8.78 Å². The quantitative estimate of drug-likeness (QED) is 0.640. The first-order valence-corrected chi connectivity index (χ1v) is 10.5. The zero-order valence-electron chi connectivity index (χ0n) is 16.8. The summed E-state index contributed by atoms with van der Waals surface area (Å²) in [6.07, 6.45) is 1.51. The molecule has 0 spiro atoms. The largest absolute Gasteiger partial charge is 0.352 e. The van der Waals surface area contributed by atoms with E-state index in [2.05, 4.69) is 15.4 Å². The Hall–Kier alpha value is -2.75. The standard InChI is InChI=1S/C20H21F2N5O2S/c1-20(2,3)27-17-13(9-24-27)18(29)26-11(10-30-19(26)25-17)7-16(28)23-8-12-14(21)5-4-6-15(12)22/h4-6,9,11H,7-8,10H2,1-3H3,(H,23,28). The van der Waals surface area contributed by atoms with Crippen LogP contribution in [-0.4, -0.2) is 31.0 Å². The maximum atomic E-state index is 13.7. The van der Waals surface area contributed by atoms with Crippen LogP contribution in [0.3, 0.4) is 0 Å². The van der Waals surface area contributed by atoms with Gasteiger partial charge in [-0.05, 0) is 32.9 Å². The Morgan fingerprint density at radius 2 is 2.00 bits per heavy atom. The number of benzene rings is 1. The van der Waals surface area contributed by atoms with E-state index in [1.165, 1.54) is 28.6 Å². The van der Waals surface area contributed by atoms with Crippen LogP contribution in [0, 0.1) is 11.6 Å². The van der Waals surface area contributed by atoms with Crippen molar-refractivity contribution in [1.82, 2.24) is 24.6 Å². The number of aromatic nitrogens is 4. The molecule has 10 heteroatoms. The molecule has 1 unspecified atom stereocenters. The third-order valence-electron chi connectivity index (χ3n) is 4.95. The minimum Gasteiger partial charge on any atom is -0.352 e. The highest BCUT2D eigenvalue weighted by Crippen LogP contribution is 2.33. The highest BCUT2D eigenvalue weighted by atomic mass is 32.2. The van der Waals surface area contributed by atoms with Gasteiger partial charge in [-0.3, -0.25) is 14.2 Å². The summed E-state index contributed by atoms with van der Waals surface area (Å²) >= 11 is 1.40. The molecule has 0 aliphatic carbocycles. The molecule has 0 saturated carbocycles. The van der Waals surface area contributed by atoms with Gasteiger partial charge in [0.15, 0.2) is 10.8 Å². The predicted molar refractivity (Wildman–Crippen MR) is 109 cm³/mol. The van der Waals surface area contributed by atoms with Gasteiger partial charge in [-0.15, -0.1) is 0 Å². The smallest absolute Gasteiger partial charge is 0.265 e. The van der Waals surface area contributed by atoms with Gasteiger partial charge < -0.3 is 5.32 Å². The average molecular weight is 433 g/mol. The van der Waals surface area contributed by atoms with Gasteiger partial charge in [-0.2, -0.15) is 5.10 Å². The van der Waals surface area contributed by atoms with Gasteiger partial charge in [0.2, 0.25) is 5.91 Å². The van der Waals surface area contributed by atoms with Gasteiger partial charge in [0.1, 0.15) is 17.0 Å². The number of carbonyl (C=O) groups is 1. The lowest BCUT2D eigenvalue weighted by atomic mass is 10.1. The van der Waals surface area contributed by atoms with Gasteiger partial charge in [-0.1, -0.05) is 17.8 Å². The lowest BCUT2D eigenvalue weighted by Gasteiger charge is -2.20. The number of halogens is 2. The van der Waals surface area contributed by atoms with Crippen molar-refractivity contribution in [1.29, 1.82) is 0 Å². The first-order valence-electron chi connectivity index (χ1n) is 9.50. The summed E-state index contributed by atoms with van der Waals surface area (Å²) < 4.78 is 30.7. The third-order valence-corrected chi connectivity index (χ3v) is 6.05. The molecule has 158 valence electrons. The zero-order chi connectivity index (χ0) is 21.6. The minimum atomic E-state index is -0.712. The molecule has 1 N–H and O–H groups in total. The molecular formula is C20H21F2N5O2S. The van der Waals surface area contributed by atoms with Crippen molar-refractivity contribution in [3.8, 4) is 0 Å². The highest BCUT2D eigenvalue weighted by molar-refractivity contribution is 7.99. The highest BCUT2D eigenvalue weighted by Gasteiger charge is 2.30. The molecule has 30 heavy (non-hydrogen) atoms. The molecule has 1 aromatic carbocycles. The van der Waals surface area contributed by atoms with E-state index in [0.717, 1.165) is 12.1 Å². The SMILES string of the molecule is CC(C)(C)n1ncc2c(=O)n3c(nc21)SCC3CC(=O)NCc1c(F)cccc1F. The number of thioether (sulfide) groups is 1. The normalized spacial score (nSPS) is 16.1. The van der Waals surface area contributed by atoms with Crippen LogP contribution in [0.15, 0.2) is 34.3 Å². The second-order valence-corrected chi connectivity index (χ2v) is 9.17. The molecule has 4 rings (SSSR count). The summed E-state index contributed by atoms with van der Waals surface area (Å²) in [5.74, 6) is -1.31. The Morgan fingerprint density at radius 3 is 2.67 bits per heavy atom. The summed E-state index contributed by atoms with van der Waals surface area (Å²) in [7, 11) is 0. The number of carbonyl (C=O) groups excluding carboxylic acids is 1. The number of nitrogens with one attached hydrogen (secondary N) is 1. The summed E-state index contributed by atoms with van der Waals surface area (Å²) in [5, 5.41) is 7.79. The average Bonchev–Trinajstić information content (AvgIpc) is 3.26. The van der Waals surface area contributed by atoms with Crippen molar-refractivity contribution >= 4 is 28.7 Å². The van der Waals surface area contributed by atoms with Crippen LogP contribution >= 0.6 is 11.8 Å². The number of rotatable bonds is 4. The third kappa shape index (κ3) is 3.60. The first kappa shape index (κ1) is 20.5. The predicted octanol–water partition coefficient (Wildman–Crippen LogP) is 2.98. The molecule has 7 nitrogen and oxygen atoms in total. The van der Waals surface area contributed by atoms with Crippen LogP contribution in [0.2, 0.25) is 0 Å². The minimum absolute atomic E-state index is 0.0105. The fourth-order valence-corrected chi connectivity index (χ4v) is 4.58. The molecule has 1 aliphatic heterocycles. The molecule has 2 aromatic heterocycles. The van der Waals surface area contributed by atoms with Crippen LogP contribution in [0.5, 0.6) is 0 Å². The summed E-state index contributed by atoms with van der Waals surface area (Å²) in [6.45, 7) is 5.68. The van der Waals surface area contributed by atoms with E-state index >= 15 is 0 Å². The van der Waals surface area contributed by atoms with Crippen LogP contribution in [0.1, 0.15) is 38.8 Å². The van der Waals surface area contributed by atoms with Crippen molar-refractivity contribution in [2.24, 2.45) is 0 Å². The molecule has 1 amide bonds. The molecule has 0 bridgehead atoms. The van der Waals surface area contributed by atoms with Crippen molar-refractivity contribution in [3.63, 3.8) is 0 Å². The zero-order valence-corrected chi connectivity index (χ0v) is 17.6. The van der Waals surface area contributed by atoms with Crippen molar-refractivity contribution in [2.75, 3.05) is 5.75 Å². The lowest BCUT2D eigenvalue weighted by Crippen LogP contribution is -2.31. The molecule has 3 aromatic rings. The Bertz CT molecular complexity index is 1180. The van der Waals surface area contributed by atoms with Crippen LogP contribution in [-0.2, 0) is 16.9 Å². The summed E-state index contributed by atoms with van der Waals surface area (Å²) in [6, 6.07) is 3.16. The van der Waals surface area contributed by atoms with E-state index in [9.17, 15) is 18.4 Å². The monoisotopic (exact) mass is 433 g/mol. The molecule has 0 saturated heterocycles. The number of hydrogen-bond acceptors (Lipinski definition) is 5. The Labute approximate surface area is 175 Å². The topological polar surface area (TPSA) is 81.8 Å². The Balaban J connectivity index is 1.55. The van der Waals surface area contributed by atoms with Crippen LogP contribution < -0.4 is 10.9 Å². The van der Waals surface area contributed by atoms with E-state index < -0.39 is 23.6 Å². The number of hydrogen-bond donors (Lipinski definition) is 1. The van der Waals surface area contributed by atoms with Gasteiger partial charge in [-0.25, -0.2) is 18.4 Å². The fourth-order valence-electron chi connectivity index (χ4n) is 3.45. The molecule has 0 radical (unpaired) electrons. The molecular weight excluding hydrogens is 412 g/mol. The summed E-state index contributed by atoms with van der Waals surface area (Å²) in [4.78, 5) is 30.1. The Morgan fingerprint density at radius 1 is 1.30 bits per heavy atom. The number of fused-ring (bicyclic) bond motifs is 2. The number of amides is 1.